The Balaban J connectivity index is 2.10. The number of fused-ring (bicyclic) bond motifs is 1. The number of rotatable bonds is 1. The maximum absolute atomic E-state index is 5.93. The Kier molecular flexibility index (Phi) is 2.14. The number of anilines is 1. The first kappa shape index (κ1) is 9.41. The summed E-state index contributed by atoms with van der Waals surface area (Å²) >= 11 is 0. The van der Waals surface area contributed by atoms with Gasteiger partial charge >= 0.3 is 0 Å². The molecule has 0 radical (unpaired) electrons. The van der Waals surface area contributed by atoms with Gasteiger partial charge in [-0.15, -0.1) is 0 Å². The van der Waals surface area contributed by atoms with Crippen molar-refractivity contribution in [2.24, 2.45) is 0 Å². The molecule has 0 bridgehead atoms. The molecule has 0 unspecified atom stereocenters. The zero-order valence-corrected chi connectivity index (χ0v) is 8.83. The molecule has 2 aromatic rings. The second-order valence-corrected chi connectivity index (χ2v) is 3.71. The van der Waals surface area contributed by atoms with Crippen LogP contribution in [0.3, 0.4) is 0 Å². The van der Waals surface area contributed by atoms with E-state index < -0.39 is 0 Å². The average molecular weight is 219 g/mol. The van der Waals surface area contributed by atoms with Crippen molar-refractivity contribution in [2.75, 3.05) is 37.0 Å². The lowest BCUT2D eigenvalue weighted by molar-refractivity contribution is 0.112. The van der Waals surface area contributed by atoms with E-state index >= 15 is 0 Å². The number of ether oxygens (including phenoxy) is 1. The third-order valence-corrected chi connectivity index (χ3v) is 2.73. The Morgan fingerprint density at radius 2 is 2.12 bits per heavy atom. The topological polar surface area (TPSA) is 69.2 Å². The second kappa shape index (κ2) is 3.64. The van der Waals surface area contributed by atoms with E-state index in [-0.39, 0.29) is 0 Å². The zero-order valence-electron chi connectivity index (χ0n) is 8.83. The number of hydrogen-bond acceptors (Lipinski definition) is 5. The van der Waals surface area contributed by atoms with Crippen LogP contribution in [0, 0.1) is 0 Å². The van der Waals surface area contributed by atoms with Gasteiger partial charge < -0.3 is 15.5 Å². The lowest BCUT2D eigenvalue weighted by atomic mass is 10.4. The van der Waals surface area contributed by atoms with Gasteiger partial charge in [-0.1, -0.05) is 0 Å². The Bertz CT molecular complexity index is 503. The van der Waals surface area contributed by atoms with Crippen molar-refractivity contribution in [1.29, 1.82) is 0 Å². The summed E-state index contributed by atoms with van der Waals surface area (Å²) < 4.78 is 7.27. The molecule has 16 heavy (non-hydrogen) atoms. The fraction of sp³-hybridized carbons (Fsp3) is 0.400. The van der Waals surface area contributed by atoms with Crippen LogP contribution in [0.2, 0.25) is 0 Å². The van der Waals surface area contributed by atoms with Crippen LogP contribution in [0.1, 0.15) is 0 Å². The fourth-order valence-corrected chi connectivity index (χ4v) is 1.99. The number of nitrogens with zero attached hydrogens (tertiary/aromatic N) is 4. The van der Waals surface area contributed by atoms with Gasteiger partial charge in [-0.25, -0.2) is 9.66 Å². The molecule has 0 aromatic carbocycles. The monoisotopic (exact) mass is 219 g/mol. The highest BCUT2D eigenvalue weighted by Crippen LogP contribution is 2.17. The molecule has 1 aliphatic rings. The molecule has 84 valence electrons. The number of aromatic nitrogens is 3. The molecule has 3 rings (SSSR count). The van der Waals surface area contributed by atoms with E-state index in [4.69, 9.17) is 10.5 Å². The van der Waals surface area contributed by atoms with Crippen LogP contribution in [0.15, 0.2) is 18.5 Å². The average Bonchev–Trinajstić information content (AvgIpc) is 2.66. The molecule has 2 N–H and O–H groups in total. The maximum Gasteiger partial charge on any atom is 0.220 e. The van der Waals surface area contributed by atoms with Crippen LogP contribution in [0.5, 0.6) is 0 Å². The number of imidazole rings is 1. The van der Waals surface area contributed by atoms with Gasteiger partial charge in [-0.2, -0.15) is 0 Å². The predicted octanol–water partition coefficient (Wildman–Crippen LogP) is -0.0183. The maximum atomic E-state index is 5.93. The fourth-order valence-electron chi connectivity index (χ4n) is 1.99. The summed E-state index contributed by atoms with van der Waals surface area (Å²) in [5, 5.41) is 2.15. The highest BCUT2D eigenvalue weighted by atomic mass is 16.5. The van der Waals surface area contributed by atoms with E-state index in [9.17, 15) is 0 Å². The molecule has 1 fully saturated rings. The normalized spacial score (nSPS) is 16.9. The molecule has 3 heterocycles. The van der Waals surface area contributed by atoms with Gasteiger partial charge in [-0.05, 0) is 6.07 Å². The highest BCUT2D eigenvalue weighted by Gasteiger charge is 2.16. The van der Waals surface area contributed by atoms with E-state index in [1.54, 1.807) is 12.4 Å². The van der Waals surface area contributed by atoms with Gasteiger partial charge in [0.2, 0.25) is 5.95 Å². The van der Waals surface area contributed by atoms with Crippen molar-refractivity contribution in [2.45, 2.75) is 0 Å². The van der Waals surface area contributed by atoms with E-state index in [2.05, 4.69) is 15.0 Å². The standard InChI is InChI=1S/C10H13N5O/c11-10-13-8-7-12-2-1-9(8)15(10)14-3-5-16-6-4-14/h1-2,7H,3-6H2,(H2,11,13). The van der Waals surface area contributed by atoms with Crippen LogP contribution in [-0.2, 0) is 4.74 Å². The molecule has 2 aromatic heterocycles. The molecule has 1 saturated heterocycles. The third-order valence-electron chi connectivity index (χ3n) is 2.73. The zero-order chi connectivity index (χ0) is 11.0. The molecule has 0 aliphatic carbocycles. The van der Waals surface area contributed by atoms with Crippen LogP contribution in [0.25, 0.3) is 11.0 Å². The quantitative estimate of drug-likeness (QED) is 0.730. The molecule has 0 spiro atoms. The number of morpholine rings is 1. The Labute approximate surface area is 92.6 Å². The summed E-state index contributed by atoms with van der Waals surface area (Å²) in [5.74, 6) is 0.505. The molecule has 1 aliphatic heterocycles. The van der Waals surface area contributed by atoms with E-state index in [1.165, 1.54) is 0 Å². The molecular weight excluding hydrogens is 206 g/mol. The summed E-state index contributed by atoms with van der Waals surface area (Å²) in [6, 6.07) is 1.92. The van der Waals surface area contributed by atoms with Crippen molar-refractivity contribution in [3.63, 3.8) is 0 Å². The first-order chi connectivity index (χ1) is 7.86. The lowest BCUT2D eigenvalue weighted by Gasteiger charge is -2.30. The van der Waals surface area contributed by atoms with Gasteiger partial charge in [0.15, 0.2) is 0 Å². The minimum atomic E-state index is 0.505. The molecule has 0 atom stereocenters. The predicted molar refractivity (Wildman–Crippen MR) is 60.7 cm³/mol. The van der Waals surface area contributed by atoms with Crippen molar-refractivity contribution in [3.05, 3.63) is 18.5 Å². The first-order valence-corrected chi connectivity index (χ1v) is 5.27. The summed E-state index contributed by atoms with van der Waals surface area (Å²) in [6.45, 7) is 3.12. The van der Waals surface area contributed by atoms with Gasteiger partial charge in [0.1, 0.15) is 5.52 Å². The van der Waals surface area contributed by atoms with Crippen LogP contribution < -0.4 is 10.7 Å². The van der Waals surface area contributed by atoms with Crippen molar-refractivity contribution in [3.8, 4) is 0 Å². The highest BCUT2D eigenvalue weighted by molar-refractivity contribution is 5.77. The van der Waals surface area contributed by atoms with Crippen molar-refractivity contribution >= 4 is 17.0 Å². The lowest BCUT2D eigenvalue weighted by Crippen LogP contribution is -2.44. The largest absolute Gasteiger partial charge is 0.378 e. The van der Waals surface area contributed by atoms with E-state index in [1.807, 2.05) is 10.7 Å². The molecular formula is C10H13N5O. The van der Waals surface area contributed by atoms with Crippen LogP contribution in [0.4, 0.5) is 5.95 Å². The summed E-state index contributed by atoms with van der Waals surface area (Å²) in [4.78, 5) is 8.32. The molecule has 6 nitrogen and oxygen atoms in total. The Morgan fingerprint density at radius 1 is 1.31 bits per heavy atom. The summed E-state index contributed by atoms with van der Waals surface area (Å²) in [7, 11) is 0. The van der Waals surface area contributed by atoms with Crippen molar-refractivity contribution in [1.82, 2.24) is 14.6 Å². The van der Waals surface area contributed by atoms with E-state index in [0.717, 1.165) is 37.3 Å². The Hall–Kier alpha value is -1.82. The SMILES string of the molecule is Nc1nc2cnccc2n1N1CCOCC1. The van der Waals surface area contributed by atoms with Gasteiger partial charge in [0, 0.05) is 6.20 Å². The summed E-state index contributed by atoms with van der Waals surface area (Å²) in [6.07, 6.45) is 3.48. The molecule has 6 heteroatoms. The molecule has 0 saturated carbocycles. The first-order valence-electron chi connectivity index (χ1n) is 5.27. The second-order valence-electron chi connectivity index (χ2n) is 3.71. The number of nitrogens with two attached hydrogens (primary N) is 1. The van der Waals surface area contributed by atoms with Gasteiger partial charge in [0.05, 0.1) is 38.0 Å². The van der Waals surface area contributed by atoms with Crippen LogP contribution in [-0.4, -0.2) is 40.9 Å². The number of nitrogen functional groups attached to an aromatic ring is 1. The van der Waals surface area contributed by atoms with Gasteiger partial charge in [0.25, 0.3) is 0 Å². The minimum absolute atomic E-state index is 0.505. The Morgan fingerprint density at radius 3 is 2.94 bits per heavy atom. The molecule has 0 amide bonds. The smallest absolute Gasteiger partial charge is 0.220 e. The van der Waals surface area contributed by atoms with E-state index in [0.29, 0.717) is 5.95 Å². The van der Waals surface area contributed by atoms with Gasteiger partial charge in [-0.3, -0.25) is 4.98 Å². The summed E-state index contributed by atoms with van der Waals surface area (Å²) in [5.41, 5.74) is 7.75. The minimum Gasteiger partial charge on any atom is -0.378 e. The number of hydrogen-bond donors (Lipinski definition) is 1. The third kappa shape index (κ3) is 1.38. The number of pyridine rings is 1. The van der Waals surface area contributed by atoms with Crippen LogP contribution >= 0.6 is 0 Å². The van der Waals surface area contributed by atoms with Crippen molar-refractivity contribution < 1.29 is 4.74 Å².